The molecule has 1 heterocycles. The first-order chi connectivity index (χ1) is 13.2. The Bertz CT molecular complexity index is 916. The monoisotopic (exact) mass is 498 g/mol. The standard InChI is InChI=1S/C20H20F2N4O.HI/c1-23-20(24-10-9-14-7-8-16(21)11-18(14)22)25-12-17-13-27-19(26-17)15-5-3-2-4-6-15;/h2-8,11,13H,9-10,12H2,1H3,(H2,23,24,25);1H. The smallest absolute Gasteiger partial charge is 0.226 e. The van der Waals surface area contributed by atoms with Crippen LogP contribution in [-0.4, -0.2) is 24.5 Å². The number of aromatic nitrogens is 1. The molecule has 3 aromatic rings. The molecule has 0 atom stereocenters. The van der Waals surface area contributed by atoms with Gasteiger partial charge in [-0.25, -0.2) is 13.8 Å². The molecular formula is C20H21F2IN4O. The molecule has 0 unspecified atom stereocenters. The third-order valence-electron chi connectivity index (χ3n) is 3.93. The molecule has 2 aromatic carbocycles. The van der Waals surface area contributed by atoms with Gasteiger partial charge in [0.1, 0.15) is 17.9 Å². The Kier molecular flexibility index (Phi) is 8.37. The van der Waals surface area contributed by atoms with Crippen molar-refractivity contribution in [2.75, 3.05) is 13.6 Å². The van der Waals surface area contributed by atoms with Crippen LogP contribution < -0.4 is 10.6 Å². The lowest BCUT2D eigenvalue weighted by atomic mass is 10.1. The van der Waals surface area contributed by atoms with Gasteiger partial charge in [0.25, 0.3) is 0 Å². The summed E-state index contributed by atoms with van der Waals surface area (Å²) in [5.74, 6) is -0.0103. The highest BCUT2D eigenvalue weighted by Crippen LogP contribution is 2.17. The third kappa shape index (κ3) is 6.01. The van der Waals surface area contributed by atoms with Crippen molar-refractivity contribution in [3.05, 3.63) is 77.7 Å². The number of guanidine groups is 1. The molecule has 1 aromatic heterocycles. The molecule has 0 aliphatic carbocycles. The summed E-state index contributed by atoms with van der Waals surface area (Å²) in [5.41, 5.74) is 2.09. The molecule has 5 nitrogen and oxygen atoms in total. The molecule has 3 rings (SSSR count). The molecule has 2 N–H and O–H groups in total. The van der Waals surface area contributed by atoms with E-state index in [1.807, 2.05) is 30.3 Å². The minimum absolute atomic E-state index is 0. The van der Waals surface area contributed by atoms with Crippen molar-refractivity contribution in [1.82, 2.24) is 15.6 Å². The third-order valence-corrected chi connectivity index (χ3v) is 3.93. The highest BCUT2D eigenvalue weighted by Gasteiger charge is 2.08. The average Bonchev–Trinajstić information content (AvgIpc) is 3.16. The zero-order valence-electron chi connectivity index (χ0n) is 15.3. The van der Waals surface area contributed by atoms with E-state index >= 15 is 0 Å². The SMILES string of the molecule is CN=C(NCCc1ccc(F)cc1F)NCc1coc(-c2ccccc2)n1.I. The Hall–Kier alpha value is -2.49. The first kappa shape index (κ1) is 21.8. The number of halogens is 3. The van der Waals surface area contributed by atoms with Gasteiger partial charge in [0, 0.05) is 25.2 Å². The lowest BCUT2D eigenvalue weighted by Gasteiger charge is -2.11. The van der Waals surface area contributed by atoms with Gasteiger partial charge in [-0.1, -0.05) is 24.3 Å². The molecule has 0 spiro atoms. The highest BCUT2D eigenvalue weighted by molar-refractivity contribution is 14.0. The maximum atomic E-state index is 13.6. The first-order valence-corrected chi connectivity index (χ1v) is 8.54. The van der Waals surface area contributed by atoms with E-state index in [0.29, 0.717) is 36.9 Å². The summed E-state index contributed by atoms with van der Waals surface area (Å²) in [6.07, 6.45) is 2.01. The maximum absolute atomic E-state index is 13.6. The van der Waals surface area contributed by atoms with Crippen LogP contribution in [0.3, 0.4) is 0 Å². The fraction of sp³-hybridized carbons (Fsp3) is 0.200. The van der Waals surface area contributed by atoms with Crippen molar-refractivity contribution in [3.8, 4) is 11.5 Å². The molecule has 0 saturated heterocycles. The zero-order valence-corrected chi connectivity index (χ0v) is 17.6. The molecule has 28 heavy (non-hydrogen) atoms. The van der Waals surface area contributed by atoms with E-state index in [0.717, 1.165) is 17.3 Å². The van der Waals surface area contributed by atoms with Gasteiger partial charge in [-0.05, 0) is 30.2 Å². The Balaban J connectivity index is 0.00000280. The molecule has 0 fully saturated rings. The fourth-order valence-corrected chi connectivity index (χ4v) is 2.54. The van der Waals surface area contributed by atoms with Crippen molar-refractivity contribution in [2.24, 2.45) is 4.99 Å². The number of oxazole rings is 1. The van der Waals surface area contributed by atoms with E-state index in [1.165, 1.54) is 12.1 Å². The molecule has 0 aliphatic rings. The topological polar surface area (TPSA) is 62.5 Å². The van der Waals surface area contributed by atoms with Crippen molar-refractivity contribution in [2.45, 2.75) is 13.0 Å². The lowest BCUT2D eigenvalue weighted by Crippen LogP contribution is -2.38. The minimum Gasteiger partial charge on any atom is -0.444 e. The normalized spacial score (nSPS) is 11.0. The van der Waals surface area contributed by atoms with Gasteiger partial charge in [0.2, 0.25) is 5.89 Å². The van der Waals surface area contributed by atoms with Crippen molar-refractivity contribution in [1.29, 1.82) is 0 Å². The molecule has 0 aliphatic heterocycles. The molecule has 0 saturated carbocycles. The predicted octanol–water partition coefficient (Wildman–Crippen LogP) is 4.15. The van der Waals surface area contributed by atoms with Crippen LogP contribution in [-0.2, 0) is 13.0 Å². The summed E-state index contributed by atoms with van der Waals surface area (Å²) in [6.45, 7) is 0.886. The van der Waals surface area contributed by atoms with Crippen LogP contribution in [0.5, 0.6) is 0 Å². The molecule has 0 bridgehead atoms. The molecule has 8 heteroatoms. The molecule has 148 valence electrons. The summed E-state index contributed by atoms with van der Waals surface area (Å²) in [7, 11) is 1.64. The van der Waals surface area contributed by atoms with Gasteiger partial charge in [-0.3, -0.25) is 4.99 Å². The molecular weight excluding hydrogens is 477 g/mol. The van der Waals surface area contributed by atoms with E-state index in [-0.39, 0.29) is 24.0 Å². The zero-order chi connectivity index (χ0) is 19.1. The van der Waals surface area contributed by atoms with Crippen LogP contribution in [0, 0.1) is 11.6 Å². The Morgan fingerprint density at radius 3 is 2.61 bits per heavy atom. The Morgan fingerprint density at radius 1 is 1.11 bits per heavy atom. The van der Waals surface area contributed by atoms with Gasteiger partial charge in [0.15, 0.2) is 5.96 Å². The second-order valence-corrected chi connectivity index (χ2v) is 5.85. The number of nitrogens with one attached hydrogen (secondary N) is 2. The second-order valence-electron chi connectivity index (χ2n) is 5.85. The fourth-order valence-electron chi connectivity index (χ4n) is 2.54. The van der Waals surface area contributed by atoms with Gasteiger partial charge >= 0.3 is 0 Å². The van der Waals surface area contributed by atoms with E-state index in [9.17, 15) is 8.78 Å². The highest BCUT2D eigenvalue weighted by atomic mass is 127. The number of nitrogens with zero attached hydrogens (tertiary/aromatic N) is 2. The van der Waals surface area contributed by atoms with Crippen LogP contribution in [0.1, 0.15) is 11.3 Å². The Labute approximate surface area is 179 Å². The molecule has 0 radical (unpaired) electrons. The molecule has 0 amide bonds. The summed E-state index contributed by atoms with van der Waals surface area (Å²) in [4.78, 5) is 8.56. The van der Waals surface area contributed by atoms with Crippen LogP contribution in [0.4, 0.5) is 8.78 Å². The van der Waals surface area contributed by atoms with E-state index in [4.69, 9.17) is 4.42 Å². The minimum atomic E-state index is -0.579. The number of aliphatic imine (C=N–C) groups is 1. The summed E-state index contributed by atoms with van der Waals surface area (Å²) in [6, 6.07) is 13.2. The summed E-state index contributed by atoms with van der Waals surface area (Å²) >= 11 is 0. The van der Waals surface area contributed by atoms with Crippen molar-refractivity contribution in [3.63, 3.8) is 0 Å². The average molecular weight is 498 g/mol. The van der Waals surface area contributed by atoms with Crippen LogP contribution in [0.25, 0.3) is 11.5 Å². The first-order valence-electron chi connectivity index (χ1n) is 8.54. The number of benzene rings is 2. The largest absolute Gasteiger partial charge is 0.444 e. The van der Waals surface area contributed by atoms with Crippen LogP contribution in [0.15, 0.2) is 64.2 Å². The number of rotatable bonds is 6. The second kappa shape index (κ2) is 10.7. The predicted molar refractivity (Wildman–Crippen MR) is 116 cm³/mol. The van der Waals surface area contributed by atoms with Gasteiger partial charge in [-0.2, -0.15) is 0 Å². The summed E-state index contributed by atoms with van der Waals surface area (Å²) < 4.78 is 32.1. The summed E-state index contributed by atoms with van der Waals surface area (Å²) in [5, 5.41) is 6.21. The number of hydrogen-bond donors (Lipinski definition) is 2. The van der Waals surface area contributed by atoms with Crippen molar-refractivity contribution >= 4 is 29.9 Å². The van der Waals surface area contributed by atoms with Crippen LogP contribution >= 0.6 is 24.0 Å². The number of hydrogen-bond acceptors (Lipinski definition) is 3. The van der Waals surface area contributed by atoms with Crippen molar-refractivity contribution < 1.29 is 13.2 Å². The van der Waals surface area contributed by atoms with E-state index < -0.39 is 11.6 Å². The van der Waals surface area contributed by atoms with Gasteiger partial charge < -0.3 is 15.1 Å². The van der Waals surface area contributed by atoms with Gasteiger partial charge in [-0.15, -0.1) is 24.0 Å². The van der Waals surface area contributed by atoms with E-state index in [2.05, 4.69) is 20.6 Å². The maximum Gasteiger partial charge on any atom is 0.226 e. The quantitative estimate of drug-likeness (QED) is 0.305. The van der Waals surface area contributed by atoms with Crippen LogP contribution in [0.2, 0.25) is 0 Å². The van der Waals surface area contributed by atoms with E-state index in [1.54, 1.807) is 13.3 Å². The lowest BCUT2D eigenvalue weighted by molar-refractivity contribution is 0.570. The Morgan fingerprint density at radius 2 is 1.89 bits per heavy atom. The van der Waals surface area contributed by atoms with Gasteiger partial charge in [0.05, 0.1) is 12.2 Å².